The first kappa shape index (κ1) is 16.2. The second-order valence-corrected chi connectivity index (χ2v) is 6.20. The Hall–Kier alpha value is -1.13. The minimum absolute atomic E-state index is 0.624. The molecule has 21 heavy (non-hydrogen) atoms. The van der Waals surface area contributed by atoms with Crippen molar-refractivity contribution < 1.29 is 4.74 Å². The molecule has 1 aliphatic heterocycles. The Morgan fingerprint density at radius 3 is 2.76 bits per heavy atom. The van der Waals surface area contributed by atoms with Crippen LogP contribution in [-0.2, 0) is 4.74 Å². The maximum absolute atomic E-state index is 5.64. The summed E-state index contributed by atoms with van der Waals surface area (Å²) in [5.41, 5.74) is 0. The van der Waals surface area contributed by atoms with Crippen molar-refractivity contribution >= 4 is 5.82 Å². The lowest BCUT2D eigenvalue weighted by molar-refractivity contribution is 0.122. The van der Waals surface area contributed by atoms with Crippen LogP contribution in [0.15, 0.2) is 24.4 Å². The third kappa shape index (κ3) is 6.02. The number of anilines is 1. The minimum atomic E-state index is 0.624. The van der Waals surface area contributed by atoms with E-state index in [-0.39, 0.29) is 0 Å². The van der Waals surface area contributed by atoms with E-state index in [9.17, 15) is 0 Å². The van der Waals surface area contributed by atoms with Crippen LogP contribution in [0.5, 0.6) is 0 Å². The van der Waals surface area contributed by atoms with E-state index < -0.39 is 0 Å². The fourth-order valence-electron chi connectivity index (χ4n) is 2.61. The first-order valence-electron chi connectivity index (χ1n) is 8.23. The second-order valence-electron chi connectivity index (χ2n) is 6.20. The Morgan fingerprint density at radius 1 is 1.29 bits per heavy atom. The average Bonchev–Trinajstić information content (AvgIpc) is 2.52. The van der Waals surface area contributed by atoms with Gasteiger partial charge in [-0.1, -0.05) is 19.9 Å². The van der Waals surface area contributed by atoms with Gasteiger partial charge >= 0.3 is 0 Å². The summed E-state index contributed by atoms with van der Waals surface area (Å²) in [4.78, 5) is 6.80. The van der Waals surface area contributed by atoms with Gasteiger partial charge in [-0.2, -0.15) is 0 Å². The van der Waals surface area contributed by atoms with Crippen LogP contribution < -0.4 is 10.2 Å². The average molecular weight is 291 g/mol. The lowest BCUT2D eigenvalue weighted by Gasteiger charge is -2.33. The van der Waals surface area contributed by atoms with Crippen molar-refractivity contribution in [1.82, 2.24) is 10.3 Å². The molecule has 0 bridgehead atoms. The molecule has 0 aliphatic carbocycles. The van der Waals surface area contributed by atoms with Gasteiger partial charge in [-0.15, -0.1) is 0 Å². The van der Waals surface area contributed by atoms with Crippen molar-refractivity contribution in [2.75, 3.05) is 37.7 Å². The van der Waals surface area contributed by atoms with Crippen LogP contribution in [0.25, 0.3) is 0 Å². The molecule has 0 amide bonds. The molecule has 0 unspecified atom stereocenters. The molecule has 118 valence electrons. The largest absolute Gasteiger partial charge is 0.380 e. The molecule has 1 aliphatic rings. The number of nitrogens with zero attached hydrogens (tertiary/aromatic N) is 2. The van der Waals surface area contributed by atoms with Gasteiger partial charge in [0.25, 0.3) is 0 Å². The van der Waals surface area contributed by atoms with Gasteiger partial charge in [0, 0.05) is 38.5 Å². The normalized spacial score (nSPS) is 16.6. The summed E-state index contributed by atoms with van der Waals surface area (Å²) >= 11 is 0. The zero-order valence-electron chi connectivity index (χ0n) is 13.4. The SMILES string of the molecule is CC(C)CCOCCNC1CCN(c2ccccn2)CC1. The van der Waals surface area contributed by atoms with E-state index in [1.165, 1.54) is 12.8 Å². The molecular weight excluding hydrogens is 262 g/mol. The van der Waals surface area contributed by atoms with E-state index in [0.29, 0.717) is 6.04 Å². The summed E-state index contributed by atoms with van der Waals surface area (Å²) in [6.45, 7) is 9.32. The molecule has 2 rings (SSSR count). The van der Waals surface area contributed by atoms with Gasteiger partial charge in [0.1, 0.15) is 5.82 Å². The molecule has 0 saturated carbocycles. The highest BCUT2D eigenvalue weighted by Gasteiger charge is 2.19. The van der Waals surface area contributed by atoms with Gasteiger partial charge in [-0.25, -0.2) is 4.98 Å². The molecule has 0 aromatic carbocycles. The molecule has 4 heteroatoms. The predicted octanol–water partition coefficient (Wildman–Crippen LogP) is 2.70. The highest BCUT2D eigenvalue weighted by atomic mass is 16.5. The number of pyridine rings is 1. The predicted molar refractivity (Wildman–Crippen MR) is 87.7 cm³/mol. The van der Waals surface area contributed by atoms with Crippen LogP contribution >= 0.6 is 0 Å². The molecule has 2 heterocycles. The highest BCUT2D eigenvalue weighted by Crippen LogP contribution is 2.16. The number of aromatic nitrogens is 1. The fraction of sp³-hybridized carbons (Fsp3) is 0.706. The van der Waals surface area contributed by atoms with Gasteiger partial charge in [0.2, 0.25) is 0 Å². The number of nitrogens with one attached hydrogen (secondary N) is 1. The van der Waals surface area contributed by atoms with Crippen LogP contribution in [0.1, 0.15) is 33.1 Å². The Morgan fingerprint density at radius 2 is 2.10 bits per heavy atom. The highest BCUT2D eigenvalue weighted by molar-refractivity contribution is 5.38. The van der Waals surface area contributed by atoms with Crippen molar-refractivity contribution in [3.05, 3.63) is 24.4 Å². The zero-order chi connectivity index (χ0) is 14.9. The van der Waals surface area contributed by atoms with E-state index in [4.69, 9.17) is 4.74 Å². The summed E-state index contributed by atoms with van der Waals surface area (Å²) in [6, 6.07) is 6.74. The van der Waals surface area contributed by atoms with Gasteiger partial charge in [-0.3, -0.25) is 0 Å². The number of hydrogen-bond donors (Lipinski definition) is 1. The van der Waals surface area contributed by atoms with Crippen molar-refractivity contribution in [3.8, 4) is 0 Å². The van der Waals surface area contributed by atoms with Gasteiger partial charge in [-0.05, 0) is 37.3 Å². The molecule has 0 radical (unpaired) electrons. The molecular formula is C17H29N3O. The molecule has 1 aromatic heterocycles. The number of ether oxygens (including phenoxy) is 1. The molecule has 0 atom stereocenters. The number of piperidine rings is 1. The smallest absolute Gasteiger partial charge is 0.128 e. The van der Waals surface area contributed by atoms with E-state index in [1.54, 1.807) is 0 Å². The van der Waals surface area contributed by atoms with Crippen molar-refractivity contribution in [2.45, 2.75) is 39.2 Å². The van der Waals surface area contributed by atoms with Crippen LogP contribution in [-0.4, -0.2) is 43.9 Å². The van der Waals surface area contributed by atoms with E-state index in [1.807, 2.05) is 12.3 Å². The Kier molecular flexibility index (Phi) is 6.96. The molecule has 1 saturated heterocycles. The van der Waals surface area contributed by atoms with Crippen LogP contribution in [0.2, 0.25) is 0 Å². The molecule has 1 fully saturated rings. The van der Waals surface area contributed by atoms with Crippen LogP contribution in [0, 0.1) is 5.92 Å². The van der Waals surface area contributed by atoms with Crippen molar-refractivity contribution in [1.29, 1.82) is 0 Å². The van der Waals surface area contributed by atoms with Gasteiger partial charge < -0.3 is 15.0 Å². The lowest BCUT2D eigenvalue weighted by atomic mass is 10.1. The maximum Gasteiger partial charge on any atom is 0.128 e. The summed E-state index contributed by atoms with van der Waals surface area (Å²) in [6.07, 6.45) is 5.39. The monoisotopic (exact) mass is 291 g/mol. The van der Waals surface area contributed by atoms with E-state index >= 15 is 0 Å². The summed E-state index contributed by atoms with van der Waals surface area (Å²) in [7, 11) is 0. The first-order valence-corrected chi connectivity index (χ1v) is 8.23. The van der Waals surface area contributed by atoms with Crippen LogP contribution in [0.4, 0.5) is 5.82 Å². The maximum atomic E-state index is 5.64. The minimum Gasteiger partial charge on any atom is -0.380 e. The molecule has 1 N–H and O–H groups in total. The van der Waals surface area contributed by atoms with Gasteiger partial charge in [0.15, 0.2) is 0 Å². The number of rotatable bonds is 8. The quantitative estimate of drug-likeness (QED) is 0.747. The standard InChI is InChI=1S/C17H29N3O/c1-15(2)8-13-21-14-10-18-16-6-11-20(12-7-16)17-5-3-4-9-19-17/h3-5,9,15-16,18H,6-8,10-14H2,1-2H3. The third-order valence-corrected chi connectivity index (χ3v) is 3.99. The third-order valence-electron chi connectivity index (χ3n) is 3.99. The first-order chi connectivity index (χ1) is 10.3. The second kappa shape index (κ2) is 9.00. The summed E-state index contributed by atoms with van der Waals surface area (Å²) in [5, 5.41) is 3.61. The molecule has 0 spiro atoms. The summed E-state index contributed by atoms with van der Waals surface area (Å²) < 4.78 is 5.64. The van der Waals surface area contributed by atoms with Crippen molar-refractivity contribution in [3.63, 3.8) is 0 Å². The Balaban J connectivity index is 1.55. The molecule has 1 aromatic rings. The topological polar surface area (TPSA) is 37.4 Å². The van der Waals surface area contributed by atoms with Crippen LogP contribution in [0.3, 0.4) is 0 Å². The Labute approximate surface area is 128 Å². The number of hydrogen-bond acceptors (Lipinski definition) is 4. The lowest BCUT2D eigenvalue weighted by Crippen LogP contribution is -2.43. The van der Waals surface area contributed by atoms with Gasteiger partial charge in [0.05, 0.1) is 6.61 Å². The van der Waals surface area contributed by atoms with E-state index in [0.717, 1.165) is 51.0 Å². The van der Waals surface area contributed by atoms with E-state index in [2.05, 4.69) is 41.2 Å². The Bertz CT molecular complexity index is 375. The summed E-state index contributed by atoms with van der Waals surface area (Å²) in [5.74, 6) is 1.84. The van der Waals surface area contributed by atoms with Crippen molar-refractivity contribution in [2.24, 2.45) is 5.92 Å². The molecule has 4 nitrogen and oxygen atoms in total. The zero-order valence-corrected chi connectivity index (χ0v) is 13.4. The fourth-order valence-corrected chi connectivity index (χ4v) is 2.61.